The lowest BCUT2D eigenvalue weighted by Crippen LogP contribution is -2.32. The second kappa shape index (κ2) is 6.63. The molecular weight excluding hydrogens is 246 g/mol. The number of carbonyl (C=O) groups excluding carboxylic acids is 1. The summed E-state index contributed by atoms with van der Waals surface area (Å²) in [5.74, 6) is -0.872. The number of para-hydroxylation sites is 1. The zero-order valence-corrected chi connectivity index (χ0v) is 11.1. The SMILES string of the molecule is CC(C)CNC(=O)CNc1cccc(C(=O)O)c1N. The van der Waals surface area contributed by atoms with Crippen molar-refractivity contribution in [3.8, 4) is 0 Å². The Bertz CT molecular complexity index is 472. The Balaban J connectivity index is 2.61. The van der Waals surface area contributed by atoms with Crippen LogP contribution in [-0.2, 0) is 4.79 Å². The van der Waals surface area contributed by atoms with E-state index < -0.39 is 5.97 Å². The lowest BCUT2D eigenvalue weighted by molar-refractivity contribution is -0.119. The van der Waals surface area contributed by atoms with Gasteiger partial charge in [0.15, 0.2) is 0 Å². The van der Waals surface area contributed by atoms with E-state index in [9.17, 15) is 9.59 Å². The monoisotopic (exact) mass is 265 g/mol. The van der Waals surface area contributed by atoms with Crippen LogP contribution < -0.4 is 16.4 Å². The fourth-order valence-electron chi connectivity index (χ4n) is 1.46. The molecule has 5 N–H and O–H groups in total. The number of nitrogens with one attached hydrogen (secondary N) is 2. The first-order valence-electron chi connectivity index (χ1n) is 6.04. The van der Waals surface area contributed by atoms with Crippen molar-refractivity contribution in [1.29, 1.82) is 0 Å². The summed E-state index contributed by atoms with van der Waals surface area (Å²) in [6.07, 6.45) is 0. The molecule has 1 amide bonds. The molecule has 0 radical (unpaired) electrons. The number of benzene rings is 1. The Hall–Kier alpha value is -2.24. The standard InChI is InChI=1S/C13H19N3O3/c1-8(2)6-16-11(17)7-15-10-5-3-4-9(12(10)14)13(18)19/h3-5,8,15H,6-7,14H2,1-2H3,(H,16,17)(H,18,19). The van der Waals surface area contributed by atoms with Crippen molar-refractivity contribution >= 4 is 23.3 Å². The lowest BCUT2D eigenvalue weighted by Gasteiger charge is -2.12. The van der Waals surface area contributed by atoms with Gasteiger partial charge in [0.25, 0.3) is 0 Å². The van der Waals surface area contributed by atoms with Crippen molar-refractivity contribution in [3.63, 3.8) is 0 Å². The van der Waals surface area contributed by atoms with E-state index in [2.05, 4.69) is 10.6 Å². The number of aromatic carboxylic acids is 1. The molecule has 0 fully saturated rings. The summed E-state index contributed by atoms with van der Waals surface area (Å²) < 4.78 is 0. The zero-order chi connectivity index (χ0) is 14.4. The molecule has 0 aliphatic carbocycles. The molecular formula is C13H19N3O3. The van der Waals surface area contributed by atoms with E-state index in [4.69, 9.17) is 10.8 Å². The van der Waals surface area contributed by atoms with Crippen molar-refractivity contribution in [1.82, 2.24) is 5.32 Å². The second-order valence-corrected chi connectivity index (χ2v) is 4.62. The van der Waals surface area contributed by atoms with Crippen LogP contribution in [0.1, 0.15) is 24.2 Å². The van der Waals surface area contributed by atoms with Gasteiger partial charge in [-0.25, -0.2) is 4.79 Å². The van der Waals surface area contributed by atoms with E-state index in [1.807, 2.05) is 13.8 Å². The second-order valence-electron chi connectivity index (χ2n) is 4.62. The van der Waals surface area contributed by atoms with Crippen molar-refractivity contribution in [2.24, 2.45) is 5.92 Å². The molecule has 0 aromatic heterocycles. The summed E-state index contributed by atoms with van der Waals surface area (Å²) in [7, 11) is 0. The summed E-state index contributed by atoms with van der Waals surface area (Å²) in [5.41, 5.74) is 6.31. The third-order valence-electron chi connectivity index (χ3n) is 2.48. The van der Waals surface area contributed by atoms with Crippen LogP contribution in [0.25, 0.3) is 0 Å². The summed E-state index contributed by atoms with van der Waals surface area (Å²) in [4.78, 5) is 22.4. The highest BCUT2D eigenvalue weighted by Crippen LogP contribution is 2.22. The molecule has 0 bridgehead atoms. The number of carbonyl (C=O) groups is 2. The molecule has 0 aliphatic heterocycles. The van der Waals surface area contributed by atoms with Gasteiger partial charge in [-0.3, -0.25) is 4.79 Å². The van der Waals surface area contributed by atoms with Gasteiger partial charge in [0, 0.05) is 6.54 Å². The first-order chi connectivity index (χ1) is 8.91. The van der Waals surface area contributed by atoms with E-state index in [-0.39, 0.29) is 23.7 Å². The minimum Gasteiger partial charge on any atom is -0.478 e. The average Bonchev–Trinajstić information content (AvgIpc) is 2.34. The molecule has 0 heterocycles. The number of nitrogens with two attached hydrogens (primary N) is 1. The van der Waals surface area contributed by atoms with Gasteiger partial charge in [0.2, 0.25) is 5.91 Å². The van der Waals surface area contributed by atoms with Crippen LogP contribution in [0.15, 0.2) is 18.2 Å². The van der Waals surface area contributed by atoms with Crippen LogP contribution in [0.2, 0.25) is 0 Å². The number of carboxylic acids is 1. The fourth-order valence-corrected chi connectivity index (χ4v) is 1.46. The summed E-state index contributed by atoms with van der Waals surface area (Å²) in [6, 6.07) is 4.63. The topological polar surface area (TPSA) is 104 Å². The zero-order valence-electron chi connectivity index (χ0n) is 11.1. The van der Waals surface area contributed by atoms with Crippen molar-refractivity contribution in [2.45, 2.75) is 13.8 Å². The molecule has 19 heavy (non-hydrogen) atoms. The molecule has 1 rings (SSSR count). The molecule has 0 aliphatic rings. The molecule has 1 aromatic carbocycles. The summed E-state index contributed by atoms with van der Waals surface area (Å²) in [5, 5.41) is 14.5. The van der Waals surface area contributed by atoms with E-state index in [0.717, 1.165) is 0 Å². The van der Waals surface area contributed by atoms with Crippen LogP contribution in [0.5, 0.6) is 0 Å². The number of carboxylic acid groups (broad SMARTS) is 1. The molecule has 6 nitrogen and oxygen atoms in total. The maximum Gasteiger partial charge on any atom is 0.337 e. The smallest absolute Gasteiger partial charge is 0.337 e. The van der Waals surface area contributed by atoms with E-state index in [1.54, 1.807) is 12.1 Å². The Morgan fingerprint density at radius 2 is 2.05 bits per heavy atom. The first-order valence-corrected chi connectivity index (χ1v) is 6.04. The number of rotatable bonds is 6. The average molecular weight is 265 g/mol. The minimum absolute atomic E-state index is 0.0209. The molecule has 0 spiro atoms. The van der Waals surface area contributed by atoms with Gasteiger partial charge in [0.05, 0.1) is 23.5 Å². The van der Waals surface area contributed by atoms with Crippen LogP contribution in [0.4, 0.5) is 11.4 Å². The Labute approximate surface area is 112 Å². The number of hydrogen-bond acceptors (Lipinski definition) is 4. The number of hydrogen-bond donors (Lipinski definition) is 4. The van der Waals surface area contributed by atoms with Gasteiger partial charge in [-0.1, -0.05) is 19.9 Å². The van der Waals surface area contributed by atoms with E-state index in [0.29, 0.717) is 18.2 Å². The highest BCUT2D eigenvalue weighted by atomic mass is 16.4. The molecule has 0 unspecified atom stereocenters. The van der Waals surface area contributed by atoms with Crippen LogP contribution >= 0.6 is 0 Å². The normalized spacial score (nSPS) is 10.3. The maximum atomic E-state index is 11.5. The molecule has 0 atom stereocenters. The van der Waals surface area contributed by atoms with Gasteiger partial charge in [-0.15, -0.1) is 0 Å². The van der Waals surface area contributed by atoms with Crippen LogP contribution in [0.3, 0.4) is 0 Å². The summed E-state index contributed by atoms with van der Waals surface area (Å²) in [6.45, 7) is 4.66. The highest BCUT2D eigenvalue weighted by Gasteiger charge is 2.11. The van der Waals surface area contributed by atoms with E-state index in [1.165, 1.54) is 6.07 Å². The van der Waals surface area contributed by atoms with Gasteiger partial charge in [0.1, 0.15) is 0 Å². The predicted octanol–water partition coefficient (Wildman–Crippen LogP) is 1.15. The molecule has 0 saturated carbocycles. The predicted molar refractivity (Wildman–Crippen MR) is 74.2 cm³/mol. The quantitative estimate of drug-likeness (QED) is 0.578. The molecule has 6 heteroatoms. The Morgan fingerprint density at radius 3 is 2.63 bits per heavy atom. The van der Waals surface area contributed by atoms with Crippen molar-refractivity contribution in [2.75, 3.05) is 24.1 Å². The molecule has 0 saturated heterocycles. The lowest BCUT2D eigenvalue weighted by atomic mass is 10.1. The van der Waals surface area contributed by atoms with Crippen molar-refractivity contribution < 1.29 is 14.7 Å². The summed E-state index contributed by atoms with van der Waals surface area (Å²) >= 11 is 0. The molecule has 104 valence electrons. The van der Waals surface area contributed by atoms with Gasteiger partial charge in [-0.2, -0.15) is 0 Å². The third kappa shape index (κ3) is 4.50. The largest absolute Gasteiger partial charge is 0.478 e. The Kier molecular flexibility index (Phi) is 5.17. The highest BCUT2D eigenvalue weighted by molar-refractivity contribution is 5.97. The first kappa shape index (κ1) is 14.8. The number of anilines is 2. The number of nitrogen functional groups attached to an aromatic ring is 1. The molecule has 1 aromatic rings. The van der Waals surface area contributed by atoms with Gasteiger partial charge < -0.3 is 21.5 Å². The fraction of sp³-hybridized carbons (Fsp3) is 0.385. The Morgan fingerprint density at radius 1 is 1.37 bits per heavy atom. The van der Waals surface area contributed by atoms with Crippen molar-refractivity contribution in [3.05, 3.63) is 23.8 Å². The van der Waals surface area contributed by atoms with Gasteiger partial charge >= 0.3 is 5.97 Å². The van der Waals surface area contributed by atoms with Crippen LogP contribution in [-0.4, -0.2) is 30.1 Å². The van der Waals surface area contributed by atoms with E-state index >= 15 is 0 Å². The van der Waals surface area contributed by atoms with Gasteiger partial charge in [-0.05, 0) is 18.1 Å². The number of amides is 1. The minimum atomic E-state index is -1.09. The third-order valence-corrected chi connectivity index (χ3v) is 2.48. The maximum absolute atomic E-state index is 11.5. The van der Waals surface area contributed by atoms with Crippen LogP contribution in [0, 0.1) is 5.92 Å².